The molecule has 2 atom stereocenters. The number of carboxylic acids is 1. The Labute approximate surface area is 210 Å². The van der Waals surface area contributed by atoms with Gasteiger partial charge in [-0.25, -0.2) is 14.6 Å². The van der Waals surface area contributed by atoms with Crippen molar-refractivity contribution < 1.29 is 29.0 Å². The molecule has 0 aliphatic carbocycles. The van der Waals surface area contributed by atoms with Crippen LogP contribution in [0.1, 0.15) is 10.7 Å². The summed E-state index contributed by atoms with van der Waals surface area (Å²) in [6.45, 7) is 0.0699. The third-order valence-corrected chi connectivity index (χ3v) is 7.36. The molecule has 2 aliphatic rings. The van der Waals surface area contributed by atoms with E-state index in [0.717, 1.165) is 21.5 Å². The van der Waals surface area contributed by atoms with E-state index in [2.05, 4.69) is 41.5 Å². The molecular formula is C18H18N10O6S2. The first-order valence-electron chi connectivity index (χ1n) is 10.3. The van der Waals surface area contributed by atoms with Crippen LogP contribution in [0.4, 0.5) is 0 Å². The number of ether oxygens (including phenoxy) is 2. The van der Waals surface area contributed by atoms with Gasteiger partial charge in [0.2, 0.25) is 11.1 Å². The van der Waals surface area contributed by atoms with Crippen molar-refractivity contribution >= 4 is 40.9 Å². The number of methoxy groups -OCH3 is 1. The van der Waals surface area contributed by atoms with E-state index in [9.17, 15) is 19.5 Å². The molecule has 3 aromatic heterocycles. The maximum atomic E-state index is 13.2. The summed E-state index contributed by atoms with van der Waals surface area (Å²) < 4.78 is 12.6. The number of tetrazole rings is 2. The molecule has 0 aromatic carbocycles. The Hall–Kier alpha value is -3.74. The van der Waals surface area contributed by atoms with Gasteiger partial charge >= 0.3 is 5.97 Å². The molecule has 1 fully saturated rings. The largest absolute Gasteiger partial charge is 0.477 e. The number of hydrogen-bond acceptors (Lipinski definition) is 13. The lowest BCUT2D eigenvalue weighted by Gasteiger charge is -2.55. The molecule has 36 heavy (non-hydrogen) atoms. The highest BCUT2D eigenvalue weighted by Crippen LogP contribution is 2.41. The van der Waals surface area contributed by atoms with Gasteiger partial charge < -0.3 is 19.9 Å². The number of thioether (sulfide) groups is 1. The lowest BCUT2D eigenvalue weighted by atomic mass is 9.94. The van der Waals surface area contributed by atoms with Gasteiger partial charge in [0.05, 0.1) is 13.0 Å². The van der Waals surface area contributed by atoms with Crippen molar-refractivity contribution in [2.75, 3.05) is 19.5 Å². The second-order valence-electron chi connectivity index (χ2n) is 7.60. The van der Waals surface area contributed by atoms with Crippen molar-refractivity contribution in [3.8, 4) is 0 Å². The number of rotatable bonds is 10. The number of nitrogens with zero attached hydrogens (tertiary/aromatic N) is 8. The summed E-state index contributed by atoms with van der Waals surface area (Å²) in [5.41, 5.74) is -1.71. The molecule has 5 heterocycles. The number of carbonyl (C=O) groups excluding carboxylic acids is 2. The van der Waals surface area contributed by atoms with E-state index in [0.29, 0.717) is 16.6 Å². The van der Waals surface area contributed by atoms with Crippen LogP contribution in [0, 0.1) is 0 Å². The minimum absolute atomic E-state index is 0.0468. The molecule has 188 valence electrons. The highest BCUT2D eigenvalue weighted by Gasteiger charge is 2.67. The molecule has 0 spiro atoms. The van der Waals surface area contributed by atoms with Gasteiger partial charge in [-0.2, -0.15) is 0 Å². The molecule has 2 amide bonds. The molecule has 5 rings (SSSR count). The van der Waals surface area contributed by atoms with Crippen molar-refractivity contribution in [2.24, 2.45) is 0 Å². The van der Waals surface area contributed by atoms with E-state index >= 15 is 0 Å². The van der Waals surface area contributed by atoms with Gasteiger partial charge in [0.15, 0.2) is 12.1 Å². The number of amides is 2. The quantitative estimate of drug-likeness (QED) is 0.156. The Morgan fingerprint density at radius 3 is 2.97 bits per heavy atom. The fraction of sp³-hybridized carbons (Fsp3) is 0.389. The number of nitrogens with one attached hydrogen (secondary N) is 2. The molecular weight excluding hydrogens is 516 g/mol. The van der Waals surface area contributed by atoms with Gasteiger partial charge in [-0.1, -0.05) is 17.8 Å². The molecule has 18 heteroatoms. The maximum absolute atomic E-state index is 13.2. The minimum atomic E-state index is -1.82. The average molecular weight is 535 g/mol. The molecule has 1 saturated heterocycles. The summed E-state index contributed by atoms with van der Waals surface area (Å²) in [7, 11) is 1.25. The zero-order valence-electron chi connectivity index (χ0n) is 18.5. The average Bonchev–Trinajstić information content (AvgIpc) is 3.65. The van der Waals surface area contributed by atoms with Gasteiger partial charge in [0.25, 0.3) is 11.6 Å². The predicted octanol–water partition coefficient (Wildman–Crippen LogP) is -1.37. The van der Waals surface area contributed by atoms with Crippen LogP contribution in [-0.2, 0) is 36.8 Å². The van der Waals surface area contributed by atoms with Crippen LogP contribution in [0.15, 0.2) is 33.9 Å². The predicted molar refractivity (Wildman–Crippen MR) is 119 cm³/mol. The van der Waals surface area contributed by atoms with Crippen LogP contribution in [0.3, 0.4) is 0 Å². The smallest absolute Gasteiger partial charge is 0.352 e. The van der Waals surface area contributed by atoms with Gasteiger partial charge in [-0.3, -0.25) is 14.5 Å². The molecule has 0 bridgehead atoms. The molecule has 3 aromatic rings. The van der Waals surface area contributed by atoms with Crippen LogP contribution in [0.2, 0.25) is 0 Å². The van der Waals surface area contributed by atoms with Crippen LogP contribution in [-0.4, -0.2) is 100 Å². The Bertz CT molecular complexity index is 1310. The SMILES string of the molecule is CO[C@]1(NC(=O)Cc2cccs2)C(=O)N2C(C(=O)O)=C(CSc3nnnn3Cc3nnn[nH]3)COC21. The number of H-pyrrole nitrogens is 1. The number of carbonyl (C=O) groups is 3. The van der Waals surface area contributed by atoms with Gasteiger partial charge in [0, 0.05) is 17.7 Å². The third-order valence-electron chi connectivity index (χ3n) is 5.44. The first-order valence-corrected chi connectivity index (χ1v) is 12.2. The lowest BCUT2D eigenvalue weighted by Crippen LogP contribution is -2.82. The first-order chi connectivity index (χ1) is 17.4. The van der Waals surface area contributed by atoms with Crippen LogP contribution >= 0.6 is 23.1 Å². The summed E-state index contributed by atoms with van der Waals surface area (Å²) >= 11 is 2.56. The second kappa shape index (κ2) is 9.72. The maximum Gasteiger partial charge on any atom is 0.352 e. The highest BCUT2D eigenvalue weighted by molar-refractivity contribution is 7.99. The summed E-state index contributed by atoms with van der Waals surface area (Å²) in [5.74, 6) is -1.95. The molecule has 16 nitrogen and oxygen atoms in total. The van der Waals surface area contributed by atoms with E-state index in [1.54, 1.807) is 6.07 Å². The minimum Gasteiger partial charge on any atom is -0.477 e. The number of β-lactam (4-membered cyclic amide) rings is 1. The zero-order chi connectivity index (χ0) is 25.3. The highest BCUT2D eigenvalue weighted by atomic mass is 32.2. The van der Waals surface area contributed by atoms with Crippen molar-refractivity contribution in [1.82, 2.24) is 51.0 Å². The standard InChI is InChI=1S/C18H18N10O6S2/c1-33-18(19-12(29)5-10-3-2-4-35-10)15(32)28-13(14(30)31)9(7-34-16(18)28)8-36-17-22-25-26-27(17)6-11-20-23-24-21-11/h2-4,16H,5-8H2,1H3,(H,19,29)(H,30,31)(H,20,21,23,24)/t16?,18-/m1/s1. The van der Waals surface area contributed by atoms with E-state index in [1.165, 1.54) is 23.1 Å². The Kier molecular flexibility index (Phi) is 6.48. The monoisotopic (exact) mass is 534 g/mol. The summed E-state index contributed by atoms with van der Waals surface area (Å²) in [6.07, 6.45) is -1.09. The fourth-order valence-corrected chi connectivity index (χ4v) is 5.39. The van der Waals surface area contributed by atoms with Crippen molar-refractivity contribution in [1.29, 1.82) is 0 Å². The number of fused-ring (bicyclic) bond motifs is 1. The van der Waals surface area contributed by atoms with Crippen LogP contribution < -0.4 is 5.32 Å². The van der Waals surface area contributed by atoms with Gasteiger partial charge in [-0.15, -0.1) is 21.5 Å². The molecule has 2 aliphatic heterocycles. The first kappa shape index (κ1) is 24.0. The number of aromatic amines is 1. The molecule has 3 N–H and O–H groups in total. The summed E-state index contributed by atoms with van der Waals surface area (Å²) in [4.78, 5) is 39.7. The molecule has 1 unspecified atom stereocenters. The van der Waals surface area contributed by atoms with E-state index in [-0.39, 0.29) is 31.0 Å². The van der Waals surface area contributed by atoms with Crippen molar-refractivity contribution in [3.05, 3.63) is 39.5 Å². The lowest BCUT2D eigenvalue weighted by molar-refractivity contribution is -0.258. The number of aromatic nitrogens is 8. The van der Waals surface area contributed by atoms with Gasteiger partial charge in [-0.05, 0) is 37.9 Å². The Morgan fingerprint density at radius 2 is 2.28 bits per heavy atom. The summed E-state index contributed by atoms with van der Waals surface area (Å²) in [6, 6.07) is 3.61. The number of thiophene rings is 1. The van der Waals surface area contributed by atoms with Crippen LogP contribution in [0.25, 0.3) is 0 Å². The molecule has 0 saturated carbocycles. The van der Waals surface area contributed by atoms with Crippen LogP contribution in [0.5, 0.6) is 0 Å². The second-order valence-corrected chi connectivity index (χ2v) is 9.57. The Balaban J connectivity index is 1.31. The third kappa shape index (κ3) is 4.23. The fourth-order valence-electron chi connectivity index (χ4n) is 3.82. The number of hydrogen-bond donors (Lipinski definition) is 3. The van der Waals surface area contributed by atoms with Gasteiger partial charge in [0.1, 0.15) is 12.2 Å². The normalized spacial score (nSPS) is 21.3. The van der Waals surface area contributed by atoms with Crippen molar-refractivity contribution in [2.45, 2.75) is 30.1 Å². The molecule has 0 radical (unpaired) electrons. The Morgan fingerprint density at radius 1 is 1.42 bits per heavy atom. The van der Waals surface area contributed by atoms with E-state index in [4.69, 9.17) is 9.47 Å². The number of aliphatic carboxylic acids is 1. The van der Waals surface area contributed by atoms with E-state index in [1.807, 2.05) is 11.4 Å². The summed E-state index contributed by atoms with van der Waals surface area (Å²) in [5, 5.41) is 39.5. The zero-order valence-corrected chi connectivity index (χ0v) is 20.2. The van der Waals surface area contributed by atoms with Crippen molar-refractivity contribution in [3.63, 3.8) is 0 Å². The number of carboxylic acid groups (broad SMARTS) is 1. The van der Waals surface area contributed by atoms with E-state index < -0.39 is 29.7 Å². The topological polar surface area (TPSA) is 203 Å².